The van der Waals surface area contributed by atoms with E-state index >= 15 is 0 Å². The summed E-state index contributed by atoms with van der Waals surface area (Å²) in [4.78, 5) is 39.5. The number of carbonyl (C=O) groups excluding carboxylic acids is 3. The normalized spacial score (nSPS) is 38.2. The van der Waals surface area contributed by atoms with Crippen LogP contribution < -0.4 is 25.6 Å². The number of nitrogens with one attached hydrogen (secondary N) is 2. The minimum Gasteiger partial charge on any atom is -0.496 e. The van der Waals surface area contributed by atoms with Gasteiger partial charge in [-0.15, -0.1) is 0 Å². The van der Waals surface area contributed by atoms with E-state index < -0.39 is 11.1 Å². The van der Waals surface area contributed by atoms with Crippen LogP contribution >= 0.6 is 0 Å². The van der Waals surface area contributed by atoms with Gasteiger partial charge >= 0.3 is 5.97 Å². The molecule has 1 aromatic rings. The van der Waals surface area contributed by atoms with Crippen LogP contribution in [0.4, 0.5) is 4.39 Å². The van der Waals surface area contributed by atoms with Crippen molar-refractivity contribution in [3.63, 3.8) is 0 Å². The second-order valence-electron chi connectivity index (χ2n) is 13.7. The molecule has 0 saturated heterocycles. The number of halogens is 1. The molecule has 1 aromatic carbocycles. The summed E-state index contributed by atoms with van der Waals surface area (Å²) in [5, 5.41) is 6.37. The summed E-state index contributed by atoms with van der Waals surface area (Å²) in [5.41, 5.74) is -0.615. The van der Waals surface area contributed by atoms with E-state index in [9.17, 15) is 18.8 Å². The molecule has 4 atom stereocenters. The maximum atomic E-state index is 14.1. The summed E-state index contributed by atoms with van der Waals surface area (Å²) in [6.07, 6.45) is 6.86. The number of methoxy groups -OCH3 is 2. The summed E-state index contributed by atoms with van der Waals surface area (Å²) in [7, 11) is 3.68. The van der Waals surface area contributed by atoms with Crippen molar-refractivity contribution in [3.8, 4) is 11.5 Å². The predicted octanol–water partition coefficient (Wildman–Crippen LogP) is 3.21. The van der Waals surface area contributed by atoms with Gasteiger partial charge in [-0.2, -0.15) is 0 Å². The van der Waals surface area contributed by atoms with Gasteiger partial charge in [0.15, 0.2) is 7.28 Å². The molecule has 2 N–H and O–H groups in total. The zero-order valence-electron chi connectivity index (χ0n) is 24.6. The van der Waals surface area contributed by atoms with E-state index in [1.165, 1.54) is 7.11 Å². The fourth-order valence-electron chi connectivity index (χ4n) is 8.56. The molecule has 7 rings (SSSR count). The highest BCUT2D eigenvalue weighted by Gasteiger charge is 2.70. The molecule has 222 valence electrons. The molecule has 4 bridgehead atoms. The Kier molecular flexibility index (Phi) is 7.05. The first-order chi connectivity index (χ1) is 19.5. The van der Waals surface area contributed by atoms with E-state index in [-0.39, 0.29) is 53.2 Å². The number of hydrogen-bond acceptors (Lipinski definition) is 6. The minimum absolute atomic E-state index is 0.0437. The topological polar surface area (TPSA) is 103 Å². The Balaban J connectivity index is 1.17. The molecule has 6 aliphatic carbocycles. The van der Waals surface area contributed by atoms with Crippen molar-refractivity contribution >= 4 is 30.5 Å². The van der Waals surface area contributed by atoms with Gasteiger partial charge in [0.25, 0.3) is 5.91 Å². The molecule has 0 spiro atoms. The number of benzene rings is 1. The summed E-state index contributed by atoms with van der Waals surface area (Å²) in [6, 6.07) is 3.38. The Morgan fingerprint density at radius 1 is 1.00 bits per heavy atom. The smallest absolute Gasteiger partial charge is 0.311 e. The van der Waals surface area contributed by atoms with Crippen LogP contribution in [-0.4, -0.2) is 62.6 Å². The van der Waals surface area contributed by atoms with Gasteiger partial charge in [0, 0.05) is 30.8 Å². The zero-order valence-corrected chi connectivity index (χ0v) is 24.6. The summed E-state index contributed by atoms with van der Waals surface area (Å²) in [6.45, 7) is 3.98. The average Bonchev–Trinajstić information content (AvgIpc) is 3.54. The molecular weight excluding hydrogens is 526 g/mol. The molecule has 10 heteroatoms. The van der Waals surface area contributed by atoms with E-state index in [4.69, 9.17) is 14.2 Å². The van der Waals surface area contributed by atoms with Gasteiger partial charge in [0.2, 0.25) is 5.91 Å². The molecular formula is C31H42BFN2O6. The molecule has 0 unspecified atom stereocenters. The Morgan fingerprint density at radius 2 is 1.68 bits per heavy atom. The van der Waals surface area contributed by atoms with Crippen molar-refractivity contribution < 1.29 is 33.0 Å². The Hall–Kier alpha value is -2.78. The lowest BCUT2D eigenvalue weighted by atomic mass is 9.47. The van der Waals surface area contributed by atoms with Crippen molar-refractivity contribution in [2.45, 2.75) is 101 Å². The fraction of sp³-hybridized carbons (Fsp3) is 0.710. The van der Waals surface area contributed by atoms with Crippen molar-refractivity contribution in [3.05, 3.63) is 17.7 Å². The van der Waals surface area contributed by atoms with Crippen molar-refractivity contribution in [2.75, 3.05) is 14.2 Å². The third-order valence-electron chi connectivity index (χ3n) is 10.9. The van der Waals surface area contributed by atoms with Crippen LogP contribution in [0.1, 0.15) is 81.5 Å². The van der Waals surface area contributed by atoms with Gasteiger partial charge in [-0.05, 0) is 81.3 Å². The number of hydrogen-bond donors (Lipinski definition) is 2. The molecule has 6 aliphatic rings. The molecule has 41 heavy (non-hydrogen) atoms. The SMILES string of the molecule is CBc1cc(OC)c(C(=O)N[C@@H]2[C@H]3CC[C@H](C3)[C@@H]2C(=O)NC23CC(F)(C2)C3)cc1O[C@H]1CC[C@@](C)(C(=O)OC)CC1. The maximum absolute atomic E-state index is 14.1. The number of ether oxygens (including phenoxy) is 3. The Labute approximate surface area is 242 Å². The van der Waals surface area contributed by atoms with Crippen LogP contribution in [0, 0.1) is 23.2 Å². The maximum Gasteiger partial charge on any atom is 0.311 e. The molecule has 6 saturated carbocycles. The number of rotatable bonds is 9. The van der Waals surface area contributed by atoms with E-state index in [2.05, 4.69) is 10.6 Å². The quantitative estimate of drug-likeness (QED) is 0.351. The lowest BCUT2D eigenvalue weighted by Gasteiger charge is -2.66. The van der Waals surface area contributed by atoms with Crippen LogP contribution in [0.2, 0.25) is 6.82 Å². The molecule has 0 radical (unpaired) electrons. The van der Waals surface area contributed by atoms with Gasteiger partial charge in [-0.25, -0.2) is 4.39 Å². The van der Waals surface area contributed by atoms with E-state index in [1.807, 2.05) is 19.8 Å². The van der Waals surface area contributed by atoms with Crippen LogP contribution in [0.25, 0.3) is 0 Å². The Bertz CT molecular complexity index is 1230. The van der Waals surface area contributed by atoms with Crippen LogP contribution in [0.5, 0.6) is 11.5 Å². The van der Waals surface area contributed by atoms with Crippen molar-refractivity contribution in [2.24, 2.45) is 23.2 Å². The van der Waals surface area contributed by atoms with Gasteiger partial charge < -0.3 is 24.8 Å². The third kappa shape index (κ3) is 4.89. The molecule has 8 nitrogen and oxygen atoms in total. The highest BCUT2D eigenvalue weighted by Crippen LogP contribution is 2.63. The third-order valence-corrected chi connectivity index (χ3v) is 10.9. The molecule has 2 amide bonds. The molecule has 0 aliphatic heterocycles. The number of fused-ring (bicyclic) bond motifs is 2. The van der Waals surface area contributed by atoms with Crippen LogP contribution in [-0.2, 0) is 14.3 Å². The number of amides is 2. The summed E-state index contributed by atoms with van der Waals surface area (Å²) >= 11 is 0. The number of esters is 1. The van der Waals surface area contributed by atoms with Gasteiger partial charge in [-0.3, -0.25) is 14.4 Å². The van der Waals surface area contributed by atoms with E-state index in [0.717, 1.165) is 37.6 Å². The van der Waals surface area contributed by atoms with Gasteiger partial charge in [0.1, 0.15) is 17.2 Å². The lowest BCUT2D eigenvalue weighted by molar-refractivity contribution is -0.177. The zero-order chi connectivity index (χ0) is 29.2. The van der Waals surface area contributed by atoms with Gasteiger partial charge in [0.05, 0.1) is 37.2 Å². The average molecular weight is 568 g/mol. The van der Waals surface area contributed by atoms with E-state index in [1.54, 1.807) is 13.2 Å². The standard InChI is InChI=1S/C31H42BFN2O6/c1-29(28(38)40-4)9-7-19(8-10-29)41-23-12-20(22(39-3)13-21(23)32-2)26(36)34-25-18-6-5-17(11-18)24(25)27(37)35-31-14-30(33,15-31)16-31/h12-13,17-19,24-25,32H,5-11,14-16H2,1-4H3,(H,34,36)(H,35,37)/t17-,18+,19-,24+,25-,29+,30?,31?/m1/s1. The summed E-state index contributed by atoms with van der Waals surface area (Å²) in [5.74, 6) is 0.807. The predicted molar refractivity (Wildman–Crippen MR) is 153 cm³/mol. The highest BCUT2D eigenvalue weighted by molar-refractivity contribution is 6.53. The number of carbonyl (C=O) groups is 3. The molecule has 0 aromatic heterocycles. The lowest BCUT2D eigenvalue weighted by Crippen LogP contribution is -2.77. The van der Waals surface area contributed by atoms with Crippen LogP contribution in [0.3, 0.4) is 0 Å². The molecule has 0 heterocycles. The fourth-order valence-corrected chi connectivity index (χ4v) is 8.56. The number of alkyl halides is 1. The summed E-state index contributed by atoms with van der Waals surface area (Å²) < 4.78 is 31.2. The minimum atomic E-state index is -1.07. The van der Waals surface area contributed by atoms with Gasteiger partial charge in [-0.1, -0.05) is 6.82 Å². The monoisotopic (exact) mass is 568 g/mol. The first kappa shape index (κ1) is 28.3. The Morgan fingerprint density at radius 3 is 2.29 bits per heavy atom. The first-order valence-corrected chi connectivity index (χ1v) is 15.3. The van der Waals surface area contributed by atoms with Crippen molar-refractivity contribution in [1.82, 2.24) is 10.6 Å². The first-order valence-electron chi connectivity index (χ1n) is 15.3. The highest BCUT2D eigenvalue weighted by atomic mass is 19.1. The van der Waals surface area contributed by atoms with E-state index in [0.29, 0.717) is 56.4 Å². The largest absolute Gasteiger partial charge is 0.496 e. The molecule has 6 fully saturated rings. The van der Waals surface area contributed by atoms with Crippen LogP contribution in [0.15, 0.2) is 12.1 Å². The second kappa shape index (κ2) is 10.2. The van der Waals surface area contributed by atoms with Crippen molar-refractivity contribution in [1.29, 1.82) is 0 Å². The second-order valence-corrected chi connectivity index (χ2v) is 13.7.